The van der Waals surface area contributed by atoms with E-state index < -0.39 is 29.3 Å². The molecule has 25 heavy (non-hydrogen) atoms. The maximum Gasteiger partial charge on any atom is 0.326 e. The minimum absolute atomic E-state index is 0.0191. The predicted octanol–water partition coefficient (Wildman–Crippen LogP) is 0.863. The van der Waals surface area contributed by atoms with Crippen molar-refractivity contribution in [3.63, 3.8) is 0 Å². The topological polar surface area (TPSA) is 105 Å². The van der Waals surface area contributed by atoms with E-state index in [1.54, 1.807) is 24.3 Å². The third kappa shape index (κ3) is 4.87. The molecule has 0 saturated carbocycles. The molecule has 0 radical (unpaired) electrons. The number of carboxylic acid groups (broad SMARTS) is 1. The number of rotatable bonds is 7. The molecular weight excluding hydrogens is 324 g/mol. The van der Waals surface area contributed by atoms with Crippen molar-refractivity contribution in [1.82, 2.24) is 9.88 Å². The van der Waals surface area contributed by atoms with E-state index in [1.807, 2.05) is 6.07 Å². The molecule has 1 heterocycles. The molecule has 0 fully saturated rings. The monoisotopic (exact) mass is 342 g/mol. The maximum atomic E-state index is 12.1. The van der Waals surface area contributed by atoms with Gasteiger partial charge in [-0.3, -0.25) is 14.4 Å². The highest BCUT2D eigenvalue weighted by atomic mass is 16.4. The van der Waals surface area contributed by atoms with Gasteiger partial charge in [0.15, 0.2) is 5.78 Å². The highest BCUT2D eigenvalue weighted by Crippen LogP contribution is 2.04. The Morgan fingerprint density at radius 3 is 2.40 bits per heavy atom. The fourth-order valence-electron chi connectivity index (χ4n) is 2.37. The highest BCUT2D eigenvalue weighted by molar-refractivity contribution is 5.93. The van der Waals surface area contributed by atoms with Gasteiger partial charge < -0.3 is 15.0 Å². The van der Waals surface area contributed by atoms with Gasteiger partial charge in [0.25, 0.3) is 5.56 Å². The second kappa shape index (κ2) is 8.05. The lowest BCUT2D eigenvalue weighted by atomic mass is 10.1. The van der Waals surface area contributed by atoms with Gasteiger partial charge in [0.05, 0.1) is 5.56 Å². The quantitative estimate of drug-likeness (QED) is 0.726. The van der Waals surface area contributed by atoms with Crippen LogP contribution in [0.5, 0.6) is 0 Å². The van der Waals surface area contributed by atoms with Crippen LogP contribution in [0, 0.1) is 0 Å². The molecule has 1 amide bonds. The molecule has 0 aliphatic rings. The third-order valence-electron chi connectivity index (χ3n) is 3.63. The van der Waals surface area contributed by atoms with E-state index in [9.17, 15) is 24.3 Å². The Morgan fingerprint density at radius 2 is 1.80 bits per heavy atom. The minimum atomic E-state index is -1.16. The molecule has 0 saturated heterocycles. The summed E-state index contributed by atoms with van der Waals surface area (Å²) >= 11 is 0. The van der Waals surface area contributed by atoms with Crippen molar-refractivity contribution in [3.05, 3.63) is 70.1 Å². The molecule has 1 aromatic heterocycles. The van der Waals surface area contributed by atoms with Crippen molar-refractivity contribution >= 4 is 17.7 Å². The second-order valence-corrected chi connectivity index (χ2v) is 5.56. The molecular formula is C18H18N2O5. The Bertz CT molecular complexity index is 842. The van der Waals surface area contributed by atoms with Crippen molar-refractivity contribution in [2.24, 2.45) is 0 Å². The van der Waals surface area contributed by atoms with Crippen LogP contribution >= 0.6 is 0 Å². The fourth-order valence-corrected chi connectivity index (χ4v) is 2.37. The van der Waals surface area contributed by atoms with Crippen molar-refractivity contribution in [3.8, 4) is 0 Å². The summed E-state index contributed by atoms with van der Waals surface area (Å²) in [6, 6.07) is 10.7. The van der Waals surface area contributed by atoms with Crippen LogP contribution in [0.15, 0.2) is 53.5 Å². The van der Waals surface area contributed by atoms with Crippen LogP contribution in [0.25, 0.3) is 0 Å². The summed E-state index contributed by atoms with van der Waals surface area (Å²) in [5.41, 5.74) is 0.167. The standard InChI is InChI=1S/C18H18N2O5/c1-12(21)14-8-5-9-20(17(14)23)11-16(22)19-15(18(24)25)10-13-6-3-2-4-7-13/h2-9,15H,10-11H2,1H3,(H,19,22)(H,24,25)/t15-/m0/s1. The lowest BCUT2D eigenvalue weighted by Crippen LogP contribution is -2.44. The van der Waals surface area contributed by atoms with Gasteiger partial charge in [0.1, 0.15) is 12.6 Å². The van der Waals surface area contributed by atoms with Crippen molar-refractivity contribution in [2.45, 2.75) is 25.9 Å². The van der Waals surface area contributed by atoms with E-state index >= 15 is 0 Å². The van der Waals surface area contributed by atoms with Crippen LogP contribution in [-0.2, 0) is 22.6 Å². The summed E-state index contributed by atoms with van der Waals surface area (Å²) in [5, 5.41) is 11.7. The zero-order valence-corrected chi connectivity index (χ0v) is 13.6. The van der Waals surface area contributed by atoms with E-state index in [0.717, 1.165) is 10.1 Å². The van der Waals surface area contributed by atoms with E-state index in [0.29, 0.717) is 0 Å². The highest BCUT2D eigenvalue weighted by Gasteiger charge is 2.21. The molecule has 0 aliphatic heterocycles. The number of hydrogen-bond acceptors (Lipinski definition) is 4. The first-order chi connectivity index (χ1) is 11.9. The first-order valence-corrected chi connectivity index (χ1v) is 7.65. The average Bonchev–Trinajstić information content (AvgIpc) is 2.56. The van der Waals surface area contributed by atoms with Gasteiger partial charge in [0.2, 0.25) is 5.91 Å². The lowest BCUT2D eigenvalue weighted by molar-refractivity contribution is -0.141. The van der Waals surface area contributed by atoms with Gasteiger partial charge in [-0.05, 0) is 24.6 Å². The number of carbonyl (C=O) groups excluding carboxylic acids is 2. The van der Waals surface area contributed by atoms with Gasteiger partial charge in [-0.15, -0.1) is 0 Å². The van der Waals surface area contributed by atoms with E-state index in [-0.39, 0.29) is 18.5 Å². The van der Waals surface area contributed by atoms with Crippen LogP contribution in [0.3, 0.4) is 0 Å². The van der Waals surface area contributed by atoms with Crippen molar-refractivity contribution < 1.29 is 19.5 Å². The number of carboxylic acids is 1. The van der Waals surface area contributed by atoms with Crippen LogP contribution in [0.4, 0.5) is 0 Å². The number of aromatic nitrogens is 1. The maximum absolute atomic E-state index is 12.1. The van der Waals surface area contributed by atoms with Crippen LogP contribution < -0.4 is 10.9 Å². The smallest absolute Gasteiger partial charge is 0.326 e. The first kappa shape index (κ1) is 18.1. The molecule has 7 nitrogen and oxygen atoms in total. The van der Waals surface area contributed by atoms with Crippen LogP contribution in [0.1, 0.15) is 22.8 Å². The van der Waals surface area contributed by atoms with E-state index in [4.69, 9.17) is 0 Å². The Balaban J connectivity index is 2.10. The van der Waals surface area contributed by atoms with Crippen LogP contribution in [-0.4, -0.2) is 33.4 Å². The normalized spacial score (nSPS) is 11.6. The molecule has 0 unspecified atom stereocenters. The number of aliphatic carboxylic acids is 1. The van der Waals surface area contributed by atoms with E-state index in [1.165, 1.54) is 25.3 Å². The Labute approximate surface area is 143 Å². The molecule has 1 aromatic carbocycles. The van der Waals surface area contributed by atoms with Gasteiger partial charge in [-0.2, -0.15) is 0 Å². The molecule has 2 rings (SSSR count). The fraction of sp³-hybridized carbons (Fsp3) is 0.222. The number of pyridine rings is 1. The zero-order chi connectivity index (χ0) is 18.4. The number of carbonyl (C=O) groups is 3. The number of nitrogens with zero attached hydrogens (tertiary/aromatic N) is 1. The summed E-state index contributed by atoms with van der Waals surface area (Å²) < 4.78 is 1.08. The summed E-state index contributed by atoms with van der Waals surface area (Å²) in [6.45, 7) is 0.903. The van der Waals surface area contributed by atoms with Gasteiger partial charge in [-0.25, -0.2) is 4.79 Å². The first-order valence-electron chi connectivity index (χ1n) is 7.65. The van der Waals surface area contributed by atoms with Crippen molar-refractivity contribution in [2.75, 3.05) is 0 Å². The summed E-state index contributed by atoms with van der Waals surface area (Å²) in [6.07, 6.45) is 1.51. The summed E-state index contributed by atoms with van der Waals surface area (Å²) in [5.74, 6) is -2.18. The molecule has 0 aliphatic carbocycles. The van der Waals surface area contributed by atoms with Crippen molar-refractivity contribution in [1.29, 1.82) is 0 Å². The Kier molecular flexibility index (Phi) is 5.84. The Morgan fingerprint density at radius 1 is 1.12 bits per heavy atom. The average molecular weight is 342 g/mol. The number of amides is 1. The molecule has 0 bridgehead atoms. The lowest BCUT2D eigenvalue weighted by Gasteiger charge is -2.15. The van der Waals surface area contributed by atoms with Gasteiger partial charge in [-0.1, -0.05) is 30.3 Å². The number of ketones is 1. The molecule has 2 N–H and O–H groups in total. The number of benzene rings is 1. The summed E-state index contributed by atoms with van der Waals surface area (Å²) in [4.78, 5) is 47.0. The molecule has 130 valence electrons. The van der Waals surface area contributed by atoms with Gasteiger partial charge >= 0.3 is 5.97 Å². The Hall–Kier alpha value is -3.22. The predicted molar refractivity (Wildman–Crippen MR) is 90.4 cm³/mol. The number of hydrogen-bond donors (Lipinski definition) is 2. The largest absolute Gasteiger partial charge is 0.480 e. The third-order valence-corrected chi connectivity index (χ3v) is 3.63. The molecule has 0 spiro atoms. The number of nitrogens with one attached hydrogen (secondary N) is 1. The molecule has 2 aromatic rings. The SMILES string of the molecule is CC(=O)c1cccn(CC(=O)N[C@@H](Cc2ccccc2)C(=O)O)c1=O. The molecule has 7 heteroatoms. The minimum Gasteiger partial charge on any atom is -0.480 e. The van der Waals surface area contributed by atoms with Gasteiger partial charge in [0, 0.05) is 12.6 Å². The van der Waals surface area contributed by atoms with E-state index in [2.05, 4.69) is 5.32 Å². The summed E-state index contributed by atoms with van der Waals surface area (Å²) in [7, 11) is 0. The second-order valence-electron chi connectivity index (χ2n) is 5.56. The number of Topliss-reactive ketones (excluding diaryl/α,β-unsaturated/α-hetero) is 1. The molecule has 1 atom stereocenters. The van der Waals surface area contributed by atoms with Crippen LogP contribution in [0.2, 0.25) is 0 Å². The zero-order valence-electron chi connectivity index (χ0n) is 13.6.